The monoisotopic (exact) mass is 432 g/mol. The normalized spacial score (nSPS) is 15.5. The topological polar surface area (TPSA) is 94.6 Å². The minimum absolute atomic E-state index is 0.187. The van der Waals surface area contributed by atoms with E-state index in [0.717, 1.165) is 10.9 Å². The molecule has 0 bridgehead atoms. The molecule has 0 aliphatic carbocycles. The summed E-state index contributed by atoms with van der Waals surface area (Å²) in [5.74, 6) is 0. The lowest BCUT2D eigenvalue weighted by atomic mass is 10.1. The van der Waals surface area contributed by atoms with Crippen LogP contribution in [-0.4, -0.2) is 49.0 Å². The number of aliphatic hydroxyl groups excluding tert-OH is 1. The van der Waals surface area contributed by atoms with Crippen molar-refractivity contribution in [3.8, 4) is 0 Å². The molecule has 9 heteroatoms. The number of hydrogen-bond acceptors (Lipinski definition) is 6. The van der Waals surface area contributed by atoms with E-state index < -0.39 is 10.0 Å². The van der Waals surface area contributed by atoms with Crippen molar-refractivity contribution in [1.29, 1.82) is 0 Å². The number of nitrogens with zero attached hydrogens (tertiary/aromatic N) is 2. The van der Waals surface area contributed by atoms with Crippen LogP contribution < -0.4 is 10.6 Å². The quantitative estimate of drug-likeness (QED) is 0.574. The van der Waals surface area contributed by atoms with Gasteiger partial charge in [-0.2, -0.15) is 4.31 Å². The molecule has 2 heterocycles. The summed E-state index contributed by atoms with van der Waals surface area (Å²) in [6.07, 6.45) is 1.61. The number of aromatic nitrogens is 1. The van der Waals surface area contributed by atoms with Crippen molar-refractivity contribution in [1.82, 2.24) is 14.6 Å². The molecule has 4 rings (SSSR count). The fraction of sp³-hybridized carbons (Fsp3) is 0.250. The van der Waals surface area contributed by atoms with Crippen LogP contribution in [0, 0.1) is 0 Å². The van der Waals surface area contributed by atoms with Gasteiger partial charge in [-0.05, 0) is 42.5 Å². The molecule has 1 aliphatic heterocycles. The zero-order valence-corrected chi connectivity index (χ0v) is 17.2. The maximum Gasteiger partial charge on any atom is 0.243 e. The van der Waals surface area contributed by atoms with Crippen molar-refractivity contribution in [2.75, 3.05) is 31.5 Å². The Bertz CT molecular complexity index is 1130. The number of halogens is 1. The molecule has 3 aromatic rings. The number of nitrogens with one attached hydrogen (secondary N) is 2. The first-order valence-corrected chi connectivity index (χ1v) is 11.1. The molecule has 0 atom stereocenters. The highest BCUT2D eigenvalue weighted by molar-refractivity contribution is 7.89. The van der Waals surface area contributed by atoms with Gasteiger partial charge in [-0.3, -0.25) is 4.98 Å². The lowest BCUT2D eigenvalue weighted by molar-refractivity contribution is 0.282. The summed E-state index contributed by atoms with van der Waals surface area (Å²) < 4.78 is 27.1. The summed E-state index contributed by atoms with van der Waals surface area (Å²) in [4.78, 5) is 4.60. The van der Waals surface area contributed by atoms with Crippen molar-refractivity contribution in [3.05, 3.63) is 59.2 Å². The minimum Gasteiger partial charge on any atom is -0.392 e. The fourth-order valence-electron chi connectivity index (χ4n) is 3.36. The van der Waals surface area contributed by atoms with Crippen LogP contribution in [0.25, 0.3) is 10.9 Å². The summed E-state index contributed by atoms with van der Waals surface area (Å²) in [7, 11) is -3.51. The Hall–Kier alpha value is -2.23. The number of benzene rings is 2. The van der Waals surface area contributed by atoms with Crippen molar-refractivity contribution in [2.24, 2.45) is 0 Å². The third-order valence-electron chi connectivity index (χ3n) is 4.92. The van der Waals surface area contributed by atoms with E-state index in [1.807, 2.05) is 6.07 Å². The van der Waals surface area contributed by atoms with Gasteiger partial charge in [-0.15, -0.1) is 0 Å². The third kappa shape index (κ3) is 4.08. The molecule has 0 amide bonds. The maximum absolute atomic E-state index is 12.8. The lowest BCUT2D eigenvalue weighted by Gasteiger charge is -2.26. The Balaban J connectivity index is 1.65. The van der Waals surface area contributed by atoms with E-state index in [-0.39, 0.29) is 11.5 Å². The fourth-order valence-corrected chi connectivity index (χ4v) is 4.98. The van der Waals surface area contributed by atoms with Gasteiger partial charge in [0.25, 0.3) is 0 Å². The smallest absolute Gasteiger partial charge is 0.243 e. The Kier molecular flexibility index (Phi) is 5.71. The van der Waals surface area contributed by atoms with Gasteiger partial charge in [0.05, 0.1) is 22.7 Å². The number of aliphatic hydroxyl groups is 1. The zero-order valence-electron chi connectivity index (χ0n) is 15.6. The SMILES string of the molecule is O=S(=O)(c1ccc(Nc2c(CO)cnc3ccc(Cl)cc23)cc1)N1CCNCC1. The van der Waals surface area contributed by atoms with Crippen LogP contribution in [0.3, 0.4) is 0 Å². The van der Waals surface area contributed by atoms with Crippen molar-refractivity contribution >= 4 is 43.9 Å². The molecule has 7 nitrogen and oxygen atoms in total. The van der Waals surface area contributed by atoms with Gasteiger partial charge in [0.1, 0.15) is 0 Å². The van der Waals surface area contributed by atoms with E-state index in [2.05, 4.69) is 15.6 Å². The molecule has 0 spiro atoms. The Morgan fingerprint density at radius 3 is 2.55 bits per heavy atom. The van der Waals surface area contributed by atoms with Crippen LogP contribution in [0.4, 0.5) is 11.4 Å². The maximum atomic E-state index is 12.8. The van der Waals surface area contributed by atoms with Gasteiger partial charge in [0.2, 0.25) is 10.0 Å². The van der Waals surface area contributed by atoms with Crippen LogP contribution in [0.5, 0.6) is 0 Å². The highest BCUT2D eigenvalue weighted by atomic mass is 35.5. The summed E-state index contributed by atoms with van der Waals surface area (Å²) >= 11 is 6.14. The van der Waals surface area contributed by atoms with E-state index in [1.54, 1.807) is 42.6 Å². The number of fused-ring (bicyclic) bond motifs is 1. The van der Waals surface area contributed by atoms with Crippen LogP contribution in [0.1, 0.15) is 5.56 Å². The van der Waals surface area contributed by atoms with Crippen LogP contribution in [0.15, 0.2) is 53.6 Å². The second-order valence-electron chi connectivity index (χ2n) is 6.78. The van der Waals surface area contributed by atoms with Gasteiger partial charge in [-0.1, -0.05) is 11.6 Å². The molecule has 1 fully saturated rings. The van der Waals surface area contributed by atoms with E-state index in [1.165, 1.54) is 4.31 Å². The molecular formula is C20H21ClN4O3S. The highest BCUT2D eigenvalue weighted by Crippen LogP contribution is 2.31. The van der Waals surface area contributed by atoms with Gasteiger partial charge < -0.3 is 15.7 Å². The average Bonchev–Trinajstić information content (AvgIpc) is 2.75. The standard InChI is InChI=1S/C20H21ClN4O3S/c21-15-1-6-19-18(11-15)20(14(13-26)12-23-19)24-16-2-4-17(5-3-16)29(27,28)25-9-7-22-8-10-25/h1-6,11-12,22,26H,7-10,13H2,(H,23,24). The van der Waals surface area contributed by atoms with Crippen molar-refractivity contribution in [2.45, 2.75) is 11.5 Å². The molecule has 1 aliphatic rings. The predicted octanol–water partition coefficient (Wildman–Crippen LogP) is 2.72. The van der Waals surface area contributed by atoms with Gasteiger partial charge >= 0.3 is 0 Å². The van der Waals surface area contributed by atoms with E-state index in [9.17, 15) is 13.5 Å². The zero-order chi connectivity index (χ0) is 20.4. The summed E-state index contributed by atoms with van der Waals surface area (Å²) in [6, 6.07) is 12.0. The van der Waals surface area contributed by atoms with Gasteiger partial charge in [-0.25, -0.2) is 8.42 Å². The number of sulfonamides is 1. The van der Waals surface area contributed by atoms with Crippen LogP contribution in [0.2, 0.25) is 5.02 Å². The van der Waals surface area contributed by atoms with Gasteiger partial charge in [0, 0.05) is 54.0 Å². The molecular weight excluding hydrogens is 412 g/mol. The van der Waals surface area contributed by atoms with Crippen molar-refractivity contribution < 1.29 is 13.5 Å². The second-order valence-corrected chi connectivity index (χ2v) is 9.16. The first-order chi connectivity index (χ1) is 14.0. The molecule has 1 saturated heterocycles. The molecule has 29 heavy (non-hydrogen) atoms. The Labute approximate surface area is 174 Å². The molecule has 0 saturated carbocycles. The molecule has 2 aromatic carbocycles. The number of pyridine rings is 1. The van der Waals surface area contributed by atoms with E-state index >= 15 is 0 Å². The number of anilines is 2. The van der Waals surface area contributed by atoms with Gasteiger partial charge in [0.15, 0.2) is 0 Å². The molecule has 0 unspecified atom stereocenters. The Morgan fingerprint density at radius 1 is 1.14 bits per heavy atom. The highest BCUT2D eigenvalue weighted by Gasteiger charge is 2.25. The Morgan fingerprint density at radius 2 is 1.86 bits per heavy atom. The van der Waals surface area contributed by atoms with Crippen molar-refractivity contribution in [3.63, 3.8) is 0 Å². The first kappa shape index (κ1) is 20.1. The largest absolute Gasteiger partial charge is 0.392 e. The number of rotatable bonds is 5. The molecule has 3 N–H and O–H groups in total. The minimum atomic E-state index is -3.51. The van der Waals surface area contributed by atoms with E-state index in [0.29, 0.717) is 48.1 Å². The molecule has 0 radical (unpaired) electrons. The predicted molar refractivity (Wildman–Crippen MR) is 114 cm³/mol. The molecule has 1 aromatic heterocycles. The van der Waals surface area contributed by atoms with Crippen LogP contribution >= 0.6 is 11.6 Å². The third-order valence-corrected chi connectivity index (χ3v) is 7.06. The summed E-state index contributed by atoms with van der Waals surface area (Å²) in [6.45, 7) is 2.05. The second kappa shape index (κ2) is 8.25. The number of hydrogen-bond donors (Lipinski definition) is 3. The number of piperazine rings is 1. The van der Waals surface area contributed by atoms with Crippen LogP contribution in [-0.2, 0) is 16.6 Å². The van der Waals surface area contributed by atoms with E-state index in [4.69, 9.17) is 11.6 Å². The molecule has 152 valence electrons. The lowest BCUT2D eigenvalue weighted by Crippen LogP contribution is -2.46. The summed E-state index contributed by atoms with van der Waals surface area (Å²) in [5.41, 5.74) is 2.76. The summed E-state index contributed by atoms with van der Waals surface area (Å²) in [5, 5.41) is 17.5. The first-order valence-electron chi connectivity index (χ1n) is 9.25. The average molecular weight is 433 g/mol.